The van der Waals surface area contributed by atoms with Crippen LogP contribution in [0.15, 0.2) is 71.6 Å². The molecule has 0 aromatic heterocycles. The molecule has 0 atom stereocenters. The lowest BCUT2D eigenvalue weighted by molar-refractivity contribution is -0.123. The first-order valence-corrected chi connectivity index (χ1v) is 12.1. The summed E-state index contributed by atoms with van der Waals surface area (Å²) in [5, 5.41) is 10.8. The number of nitrogens with zero attached hydrogens (tertiary/aromatic N) is 2. The highest BCUT2D eigenvalue weighted by Crippen LogP contribution is 2.34. The highest BCUT2D eigenvalue weighted by molar-refractivity contribution is 8.26. The number of hydrogen-bond donors (Lipinski definition) is 1. The van der Waals surface area contributed by atoms with Gasteiger partial charge in [0.2, 0.25) is 0 Å². The van der Waals surface area contributed by atoms with Crippen molar-refractivity contribution < 1.29 is 19.1 Å². The molecule has 4 rings (SSSR count). The zero-order valence-electron chi connectivity index (χ0n) is 18.9. The third-order valence-electron chi connectivity index (χ3n) is 5.12. The number of benzene rings is 3. The summed E-state index contributed by atoms with van der Waals surface area (Å²) in [7, 11) is 1.51. The standard InChI is InChI=1S/C26H18ClN3O4S2/c1-33-22-12-16(6-11-21(22)34-15-19-5-3-2-4-18(19)14-28)13-23-25(32)30(26(35)36-23)29-24(31)17-7-9-20(27)10-8-17/h2-13H,15H2,1H3,(H,29,31)/b23-13-. The quantitative estimate of drug-likeness (QED) is 0.322. The third kappa shape index (κ3) is 5.69. The summed E-state index contributed by atoms with van der Waals surface area (Å²) in [5.41, 5.74) is 4.86. The number of thioether (sulfide) groups is 1. The number of amides is 2. The van der Waals surface area contributed by atoms with Crippen molar-refractivity contribution in [3.63, 3.8) is 0 Å². The lowest BCUT2D eigenvalue weighted by atomic mass is 10.1. The number of carbonyl (C=O) groups excluding carboxylic acids is 2. The van der Waals surface area contributed by atoms with E-state index < -0.39 is 11.8 Å². The van der Waals surface area contributed by atoms with Gasteiger partial charge in [-0.05, 0) is 66.3 Å². The van der Waals surface area contributed by atoms with Crippen LogP contribution in [0, 0.1) is 11.3 Å². The summed E-state index contributed by atoms with van der Waals surface area (Å²) in [5.74, 6) is 0.0277. The van der Waals surface area contributed by atoms with E-state index in [4.69, 9.17) is 33.3 Å². The average molecular weight is 536 g/mol. The van der Waals surface area contributed by atoms with E-state index in [-0.39, 0.29) is 10.9 Å². The van der Waals surface area contributed by atoms with Crippen LogP contribution in [-0.2, 0) is 11.4 Å². The Morgan fingerprint density at radius 2 is 1.92 bits per heavy atom. The number of hydrogen-bond acceptors (Lipinski definition) is 7. The van der Waals surface area contributed by atoms with Crippen LogP contribution >= 0.6 is 35.6 Å². The molecule has 2 amide bonds. The van der Waals surface area contributed by atoms with Crippen molar-refractivity contribution >= 4 is 57.8 Å². The number of nitriles is 1. The van der Waals surface area contributed by atoms with Gasteiger partial charge in [-0.25, -0.2) is 0 Å². The van der Waals surface area contributed by atoms with E-state index in [2.05, 4.69) is 11.5 Å². The maximum Gasteiger partial charge on any atom is 0.285 e. The minimum absolute atomic E-state index is 0.200. The van der Waals surface area contributed by atoms with Gasteiger partial charge in [-0.2, -0.15) is 10.3 Å². The van der Waals surface area contributed by atoms with Crippen molar-refractivity contribution in [3.8, 4) is 17.6 Å². The van der Waals surface area contributed by atoms with Crippen LogP contribution < -0.4 is 14.9 Å². The fraction of sp³-hybridized carbons (Fsp3) is 0.0769. The van der Waals surface area contributed by atoms with Gasteiger partial charge in [-0.3, -0.25) is 15.0 Å². The van der Waals surface area contributed by atoms with Gasteiger partial charge >= 0.3 is 0 Å². The second kappa shape index (κ2) is 11.3. The van der Waals surface area contributed by atoms with Crippen LogP contribution in [-0.4, -0.2) is 28.3 Å². The smallest absolute Gasteiger partial charge is 0.285 e. The molecular formula is C26H18ClN3O4S2. The van der Waals surface area contributed by atoms with Gasteiger partial charge in [0.25, 0.3) is 11.8 Å². The highest BCUT2D eigenvalue weighted by atomic mass is 35.5. The van der Waals surface area contributed by atoms with Gasteiger partial charge in [0.05, 0.1) is 23.6 Å². The summed E-state index contributed by atoms with van der Waals surface area (Å²) in [6.45, 7) is 0.200. The maximum atomic E-state index is 12.9. The Hall–Kier alpha value is -3.84. The molecule has 10 heteroatoms. The molecule has 0 bridgehead atoms. The molecule has 1 heterocycles. The average Bonchev–Trinajstić information content (AvgIpc) is 3.15. The predicted molar refractivity (Wildman–Crippen MR) is 142 cm³/mol. The number of rotatable bonds is 7. The Balaban J connectivity index is 1.47. The summed E-state index contributed by atoms with van der Waals surface area (Å²) in [6, 6.07) is 20.8. The molecule has 0 spiro atoms. The Morgan fingerprint density at radius 3 is 2.64 bits per heavy atom. The normalized spacial score (nSPS) is 14.0. The Bertz CT molecular complexity index is 1420. The number of ether oxygens (including phenoxy) is 2. The number of nitrogens with one attached hydrogen (secondary N) is 1. The first kappa shape index (κ1) is 25.3. The monoisotopic (exact) mass is 535 g/mol. The molecule has 0 saturated carbocycles. The molecule has 36 heavy (non-hydrogen) atoms. The second-order valence-electron chi connectivity index (χ2n) is 7.43. The molecule has 1 aliphatic heterocycles. The van der Waals surface area contributed by atoms with Gasteiger partial charge in [-0.1, -0.05) is 47.6 Å². The Labute approximate surface area is 222 Å². The van der Waals surface area contributed by atoms with Crippen molar-refractivity contribution in [3.05, 3.63) is 98.9 Å². The topological polar surface area (TPSA) is 91.7 Å². The first-order valence-electron chi connectivity index (χ1n) is 10.5. The molecule has 3 aromatic carbocycles. The summed E-state index contributed by atoms with van der Waals surface area (Å²) < 4.78 is 11.5. The lowest BCUT2D eigenvalue weighted by Gasteiger charge is -2.15. The van der Waals surface area contributed by atoms with Crippen LogP contribution in [0.25, 0.3) is 6.08 Å². The molecule has 1 N–H and O–H groups in total. The first-order chi connectivity index (χ1) is 17.4. The minimum atomic E-state index is -0.481. The van der Waals surface area contributed by atoms with Crippen LogP contribution in [0.2, 0.25) is 5.02 Å². The van der Waals surface area contributed by atoms with Crippen molar-refractivity contribution in [2.75, 3.05) is 7.11 Å². The molecule has 1 fully saturated rings. The molecule has 0 aliphatic carbocycles. The molecule has 7 nitrogen and oxygen atoms in total. The SMILES string of the molecule is COc1cc(/C=C2\SC(=S)N(NC(=O)c3ccc(Cl)cc3)C2=O)ccc1OCc1ccccc1C#N. The van der Waals surface area contributed by atoms with E-state index in [1.54, 1.807) is 60.7 Å². The molecule has 0 radical (unpaired) electrons. The number of halogens is 1. The fourth-order valence-electron chi connectivity index (χ4n) is 3.29. The van der Waals surface area contributed by atoms with E-state index in [0.29, 0.717) is 38.1 Å². The maximum absolute atomic E-state index is 12.9. The third-order valence-corrected chi connectivity index (χ3v) is 6.67. The van der Waals surface area contributed by atoms with E-state index in [9.17, 15) is 14.9 Å². The van der Waals surface area contributed by atoms with Gasteiger partial charge in [0.1, 0.15) is 6.61 Å². The molecular weight excluding hydrogens is 518 g/mol. The lowest BCUT2D eigenvalue weighted by Crippen LogP contribution is -2.44. The summed E-state index contributed by atoms with van der Waals surface area (Å²) in [4.78, 5) is 25.8. The van der Waals surface area contributed by atoms with Crippen molar-refractivity contribution in [2.45, 2.75) is 6.61 Å². The van der Waals surface area contributed by atoms with Gasteiger partial charge in [0, 0.05) is 16.1 Å². The van der Waals surface area contributed by atoms with Crippen molar-refractivity contribution in [2.24, 2.45) is 0 Å². The predicted octanol–water partition coefficient (Wildman–Crippen LogP) is 5.35. The largest absolute Gasteiger partial charge is 0.493 e. The summed E-state index contributed by atoms with van der Waals surface area (Å²) in [6.07, 6.45) is 1.66. The van der Waals surface area contributed by atoms with E-state index in [1.807, 2.05) is 12.1 Å². The van der Waals surface area contributed by atoms with Crippen LogP contribution in [0.3, 0.4) is 0 Å². The van der Waals surface area contributed by atoms with Crippen LogP contribution in [0.1, 0.15) is 27.0 Å². The van der Waals surface area contributed by atoms with Gasteiger partial charge in [-0.15, -0.1) is 0 Å². The zero-order chi connectivity index (χ0) is 25.7. The zero-order valence-corrected chi connectivity index (χ0v) is 21.2. The van der Waals surface area contributed by atoms with Gasteiger partial charge < -0.3 is 9.47 Å². The fourth-order valence-corrected chi connectivity index (χ4v) is 4.59. The van der Waals surface area contributed by atoms with E-state index >= 15 is 0 Å². The molecule has 1 aliphatic rings. The number of carbonyl (C=O) groups is 2. The van der Waals surface area contributed by atoms with Crippen LogP contribution in [0.5, 0.6) is 11.5 Å². The highest BCUT2D eigenvalue weighted by Gasteiger charge is 2.33. The Morgan fingerprint density at radius 1 is 1.17 bits per heavy atom. The molecule has 3 aromatic rings. The van der Waals surface area contributed by atoms with Crippen molar-refractivity contribution in [1.29, 1.82) is 5.26 Å². The number of thiocarbonyl (C=S) groups is 1. The van der Waals surface area contributed by atoms with Gasteiger partial charge in [0.15, 0.2) is 15.8 Å². The van der Waals surface area contributed by atoms with Crippen molar-refractivity contribution in [1.82, 2.24) is 10.4 Å². The summed E-state index contributed by atoms with van der Waals surface area (Å²) >= 11 is 12.2. The molecule has 1 saturated heterocycles. The molecule has 180 valence electrons. The minimum Gasteiger partial charge on any atom is -0.493 e. The molecule has 0 unspecified atom stereocenters. The van der Waals surface area contributed by atoms with Crippen LogP contribution in [0.4, 0.5) is 0 Å². The Kier molecular flexibility index (Phi) is 7.90. The number of hydrazine groups is 1. The van der Waals surface area contributed by atoms with E-state index in [1.165, 1.54) is 7.11 Å². The van der Waals surface area contributed by atoms with E-state index in [0.717, 1.165) is 22.3 Å². The second-order valence-corrected chi connectivity index (χ2v) is 9.55. The number of methoxy groups -OCH3 is 1.